The standard InChI is InChI=1S/C12H15Cl2NO3S/c1-4-15(8(2)3)12(16)10-7-9(19(14,17)18)5-6-11(10)13/h5-8H,4H2,1-3H3. The van der Waals surface area contributed by atoms with E-state index in [1.54, 1.807) is 4.90 Å². The summed E-state index contributed by atoms with van der Waals surface area (Å²) < 4.78 is 22.6. The van der Waals surface area contributed by atoms with E-state index in [1.165, 1.54) is 18.2 Å². The molecular formula is C12H15Cl2NO3S. The van der Waals surface area contributed by atoms with Gasteiger partial charge in [-0.3, -0.25) is 4.79 Å². The molecular weight excluding hydrogens is 309 g/mol. The van der Waals surface area contributed by atoms with Crippen LogP contribution in [0.25, 0.3) is 0 Å². The van der Waals surface area contributed by atoms with Gasteiger partial charge in [0.1, 0.15) is 0 Å². The van der Waals surface area contributed by atoms with Crippen LogP contribution in [0.4, 0.5) is 0 Å². The van der Waals surface area contributed by atoms with Crippen LogP contribution in [0.5, 0.6) is 0 Å². The Morgan fingerprint density at radius 3 is 2.37 bits per heavy atom. The van der Waals surface area contributed by atoms with Gasteiger partial charge >= 0.3 is 0 Å². The van der Waals surface area contributed by atoms with Gasteiger partial charge in [0.15, 0.2) is 0 Å². The van der Waals surface area contributed by atoms with Crippen LogP contribution < -0.4 is 0 Å². The zero-order chi connectivity index (χ0) is 14.8. The normalized spacial score (nSPS) is 11.7. The van der Waals surface area contributed by atoms with Gasteiger partial charge in [-0.05, 0) is 39.0 Å². The van der Waals surface area contributed by atoms with Crippen LogP contribution in [0.15, 0.2) is 23.1 Å². The van der Waals surface area contributed by atoms with Crippen LogP contribution in [0.1, 0.15) is 31.1 Å². The molecule has 0 aliphatic heterocycles. The molecule has 19 heavy (non-hydrogen) atoms. The second-order valence-corrected chi connectivity index (χ2v) is 7.24. The highest BCUT2D eigenvalue weighted by Crippen LogP contribution is 2.24. The van der Waals surface area contributed by atoms with Crippen LogP contribution in [0.3, 0.4) is 0 Å². The summed E-state index contributed by atoms with van der Waals surface area (Å²) in [6.07, 6.45) is 0. The molecule has 0 aliphatic carbocycles. The van der Waals surface area contributed by atoms with Gasteiger partial charge in [-0.2, -0.15) is 0 Å². The first-order chi connectivity index (χ1) is 8.68. The van der Waals surface area contributed by atoms with E-state index >= 15 is 0 Å². The molecule has 0 saturated heterocycles. The Bertz CT molecular complexity index is 585. The molecule has 0 fully saturated rings. The lowest BCUT2D eigenvalue weighted by molar-refractivity contribution is 0.0717. The molecule has 0 saturated carbocycles. The topological polar surface area (TPSA) is 54.5 Å². The summed E-state index contributed by atoms with van der Waals surface area (Å²) >= 11 is 5.96. The van der Waals surface area contributed by atoms with Crippen LogP contribution in [-0.4, -0.2) is 31.8 Å². The van der Waals surface area contributed by atoms with E-state index in [1.807, 2.05) is 20.8 Å². The molecule has 0 radical (unpaired) electrons. The van der Waals surface area contributed by atoms with Gasteiger partial charge in [0, 0.05) is 23.3 Å². The predicted octanol–water partition coefficient (Wildman–Crippen LogP) is 3.14. The van der Waals surface area contributed by atoms with Crippen LogP contribution in [0.2, 0.25) is 5.02 Å². The van der Waals surface area contributed by atoms with Gasteiger partial charge in [0.05, 0.1) is 15.5 Å². The number of carbonyl (C=O) groups is 1. The van der Waals surface area contributed by atoms with Crippen molar-refractivity contribution in [1.29, 1.82) is 0 Å². The van der Waals surface area contributed by atoms with Gasteiger partial charge in [-0.1, -0.05) is 11.6 Å². The minimum atomic E-state index is -3.89. The zero-order valence-electron chi connectivity index (χ0n) is 10.9. The first-order valence-corrected chi connectivity index (χ1v) is 8.42. The second kappa shape index (κ2) is 6.11. The van der Waals surface area contributed by atoms with Gasteiger partial charge in [0.25, 0.3) is 15.0 Å². The van der Waals surface area contributed by atoms with E-state index in [0.29, 0.717) is 6.54 Å². The fourth-order valence-electron chi connectivity index (χ4n) is 1.72. The third kappa shape index (κ3) is 3.84. The van der Waals surface area contributed by atoms with Crippen molar-refractivity contribution in [1.82, 2.24) is 4.90 Å². The Balaban J connectivity index is 3.30. The maximum Gasteiger partial charge on any atom is 0.261 e. The molecule has 0 aliphatic rings. The average molecular weight is 324 g/mol. The zero-order valence-corrected chi connectivity index (χ0v) is 13.2. The Labute approximate surface area is 122 Å². The lowest BCUT2D eigenvalue weighted by atomic mass is 10.1. The minimum Gasteiger partial charge on any atom is -0.336 e. The molecule has 0 unspecified atom stereocenters. The third-order valence-electron chi connectivity index (χ3n) is 2.67. The number of hydrogen-bond donors (Lipinski definition) is 0. The molecule has 0 aromatic heterocycles. The number of carbonyl (C=O) groups excluding carboxylic acids is 1. The summed E-state index contributed by atoms with van der Waals surface area (Å²) in [5.41, 5.74) is 0.138. The molecule has 0 bridgehead atoms. The fraction of sp³-hybridized carbons (Fsp3) is 0.417. The smallest absolute Gasteiger partial charge is 0.261 e. The van der Waals surface area contributed by atoms with Crippen molar-refractivity contribution in [3.05, 3.63) is 28.8 Å². The largest absolute Gasteiger partial charge is 0.336 e. The highest BCUT2D eigenvalue weighted by Gasteiger charge is 2.22. The highest BCUT2D eigenvalue weighted by atomic mass is 35.7. The molecule has 1 rings (SSSR count). The number of halogens is 2. The molecule has 106 valence electrons. The molecule has 1 amide bonds. The minimum absolute atomic E-state index is 0.00942. The molecule has 0 heterocycles. The monoisotopic (exact) mass is 323 g/mol. The molecule has 0 atom stereocenters. The molecule has 1 aromatic carbocycles. The SMILES string of the molecule is CCN(C(=O)c1cc(S(=O)(=O)Cl)ccc1Cl)C(C)C. The number of hydrogen-bond acceptors (Lipinski definition) is 3. The van der Waals surface area contributed by atoms with Crippen molar-refractivity contribution in [3.63, 3.8) is 0 Å². The first-order valence-electron chi connectivity index (χ1n) is 5.73. The fourth-order valence-corrected chi connectivity index (χ4v) is 2.69. The van der Waals surface area contributed by atoms with E-state index in [2.05, 4.69) is 0 Å². The van der Waals surface area contributed by atoms with Gasteiger partial charge in [-0.25, -0.2) is 8.42 Å². The Kier molecular flexibility index (Phi) is 5.24. The maximum atomic E-state index is 12.3. The van der Waals surface area contributed by atoms with Crippen molar-refractivity contribution < 1.29 is 13.2 Å². The summed E-state index contributed by atoms with van der Waals surface area (Å²) in [5.74, 6) is -0.315. The second-order valence-electron chi connectivity index (χ2n) is 4.26. The summed E-state index contributed by atoms with van der Waals surface area (Å²) in [7, 11) is 1.38. The van der Waals surface area contributed by atoms with Crippen LogP contribution >= 0.6 is 22.3 Å². The lowest BCUT2D eigenvalue weighted by Gasteiger charge is -2.25. The lowest BCUT2D eigenvalue weighted by Crippen LogP contribution is -2.36. The Hall–Kier alpha value is -0.780. The van der Waals surface area contributed by atoms with Crippen molar-refractivity contribution in [3.8, 4) is 0 Å². The van der Waals surface area contributed by atoms with Crippen molar-refractivity contribution in [2.45, 2.75) is 31.7 Å². The van der Waals surface area contributed by atoms with E-state index in [9.17, 15) is 13.2 Å². The number of benzene rings is 1. The van der Waals surface area contributed by atoms with Gasteiger partial charge in [-0.15, -0.1) is 0 Å². The summed E-state index contributed by atoms with van der Waals surface area (Å²) in [6, 6.07) is 3.83. The average Bonchev–Trinajstić information content (AvgIpc) is 2.28. The van der Waals surface area contributed by atoms with E-state index in [0.717, 1.165) is 0 Å². The molecule has 4 nitrogen and oxygen atoms in total. The molecule has 0 spiro atoms. The number of rotatable bonds is 4. The Morgan fingerprint density at radius 1 is 1.37 bits per heavy atom. The molecule has 7 heteroatoms. The quantitative estimate of drug-likeness (QED) is 0.800. The maximum absolute atomic E-state index is 12.3. The van der Waals surface area contributed by atoms with Crippen molar-refractivity contribution in [2.75, 3.05) is 6.54 Å². The number of nitrogens with zero attached hydrogens (tertiary/aromatic N) is 1. The molecule has 1 aromatic rings. The highest BCUT2D eigenvalue weighted by molar-refractivity contribution is 8.13. The predicted molar refractivity (Wildman–Crippen MR) is 76.3 cm³/mol. The van der Waals surface area contributed by atoms with E-state index in [4.69, 9.17) is 22.3 Å². The third-order valence-corrected chi connectivity index (χ3v) is 4.36. The Morgan fingerprint density at radius 2 is 1.95 bits per heavy atom. The van der Waals surface area contributed by atoms with Crippen LogP contribution in [-0.2, 0) is 9.05 Å². The van der Waals surface area contributed by atoms with Gasteiger partial charge < -0.3 is 4.90 Å². The van der Waals surface area contributed by atoms with E-state index in [-0.39, 0.29) is 27.4 Å². The van der Waals surface area contributed by atoms with E-state index < -0.39 is 9.05 Å². The van der Waals surface area contributed by atoms with Crippen LogP contribution in [0, 0.1) is 0 Å². The summed E-state index contributed by atoms with van der Waals surface area (Å²) in [4.78, 5) is 13.8. The number of amides is 1. The first kappa shape index (κ1) is 16.3. The summed E-state index contributed by atoms with van der Waals surface area (Å²) in [6.45, 7) is 6.09. The van der Waals surface area contributed by atoms with Crippen molar-refractivity contribution in [2.24, 2.45) is 0 Å². The van der Waals surface area contributed by atoms with Crippen molar-refractivity contribution >= 4 is 37.2 Å². The molecule has 0 N–H and O–H groups in total. The van der Waals surface area contributed by atoms with Gasteiger partial charge in [0.2, 0.25) is 0 Å². The summed E-state index contributed by atoms with van der Waals surface area (Å²) in [5, 5.41) is 0.202.